The second-order valence-electron chi connectivity index (χ2n) is 7.57. The van der Waals surface area contributed by atoms with E-state index in [1.54, 1.807) is 6.07 Å². The Morgan fingerprint density at radius 2 is 2.11 bits per heavy atom. The summed E-state index contributed by atoms with van der Waals surface area (Å²) in [6, 6.07) is 5.46. The van der Waals surface area contributed by atoms with Crippen molar-refractivity contribution in [1.29, 1.82) is 0 Å². The van der Waals surface area contributed by atoms with Crippen LogP contribution >= 0.6 is 0 Å². The fourth-order valence-electron chi connectivity index (χ4n) is 3.77. The molecule has 7 heteroatoms. The van der Waals surface area contributed by atoms with Crippen molar-refractivity contribution in [2.24, 2.45) is 5.92 Å². The summed E-state index contributed by atoms with van der Waals surface area (Å²) in [5, 5.41) is 3.87. The highest BCUT2D eigenvalue weighted by Crippen LogP contribution is 2.30. The summed E-state index contributed by atoms with van der Waals surface area (Å²) in [6.07, 6.45) is 3.82. The van der Waals surface area contributed by atoms with Gasteiger partial charge in [0.25, 0.3) is 0 Å². The fourth-order valence-corrected chi connectivity index (χ4v) is 3.77. The Kier molecular flexibility index (Phi) is 5.07. The van der Waals surface area contributed by atoms with Crippen LogP contribution in [0.25, 0.3) is 10.9 Å². The average Bonchev–Trinajstić information content (AvgIpc) is 3.51. The van der Waals surface area contributed by atoms with Crippen LogP contribution in [0.3, 0.4) is 0 Å². The topological polar surface area (TPSA) is 91.5 Å². The maximum atomic E-state index is 12.6. The van der Waals surface area contributed by atoms with Crippen LogP contribution in [-0.4, -0.2) is 47.9 Å². The predicted octanol–water partition coefficient (Wildman–Crippen LogP) is 2.15. The number of carbonyl (C=O) groups is 3. The molecule has 1 saturated carbocycles. The minimum Gasteiger partial charge on any atom is -0.465 e. The highest BCUT2D eigenvalue weighted by atomic mass is 16.5. The number of fused-ring (bicyclic) bond motifs is 3. The van der Waals surface area contributed by atoms with Gasteiger partial charge in [-0.1, -0.05) is 0 Å². The molecule has 1 aromatic carbocycles. The quantitative estimate of drug-likeness (QED) is 0.591. The number of carbonyl (C=O) groups excluding carboxylic acids is 3. The van der Waals surface area contributed by atoms with Crippen molar-refractivity contribution in [1.82, 2.24) is 15.2 Å². The molecular formula is C21H25N3O4. The first-order valence-corrected chi connectivity index (χ1v) is 9.84. The third kappa shape index (κ3) is 3.74. The summed E-state index contributed by atoms with van der Waals surface area (Å²) in [5.74, 6) is 0.0573. The molecule has 148 valence electrons. The number of hydrogen-bond donors (Lipinski definition) is 2. The molecule has 1 aliphatic carbocycles. The predicted molar refractivity (Wildman–Crippen MR) is 104 cm³/mol. The first-order chi connectivity index (χ1) is 13.6. The molecule has 2 N–H and O–H groups in total. The zero-order chi connectivity index (χ0) is 19.7. The summed E-state index contributed by atoms with van der Waals surface area (Å²) in [4.78, 5) is 41.3. The van der Waals surface area contributed by atoms with Crippen molar-refractivity contribution in [3.8, 4) is 0 Å². The number of benzene rings is 1. The lowest BCUT2D eigenvalue weighted by atomic mass is 10.0. The Labute approximate surface area is 163 Å². The number of hydrogen-bond acceptors (Lipinski definition) is 4. The molecule has 28 heavy (non-hydrogen) atoms. The van der Waals surface area contributed by atoms with Gasteiger partial charge in [0, 0.05) is 60.6 Å². The van der Waals surface area contributed by atoms with E-state index in [1.165, 1.54) is 7.11 Å². The lowest BCUT2D eigenvalue weighted by Crippen LogP contribution is -2.36. The largest absolute Gasteiger partial charge is 0.465 e. The van der Waals surface area contributed by atoms with Gasteiger partial charge in [0.05, 0.1) is 12.7 Å². The van der Waals surface area contributed by atoms with Crippen LogP contribution in [0.2, 0.25) is 0 Å². The van der Waals surface area contributed by atoms with Crippen LogP contribution in [0.5, 0.6) is 0 Å². The molecule has 4 rings (SSSR count). The molecule has 2 heterocycles. The van der Waals surface area contributed by atoms with E-state index in [-0.39, 0.29) is 23.7 Å². The number of amides is 2. The van der Waals surface area contributed by atoms with Crippen molar-refractivity contribution in [3.05, 3.63) is 35.0 Å². The van der Waals surface area contributed by atoms with Gasteiger partial charge in [-0.05, 0) is 37.5 Å². The molecule has 0 bridgehead atoms. The summed E-state index contributed by atoms with van der Waals surface area (Å²) in [6.45, 7) is 1.76. The van der Waals surface area contributed by atoms with Crippen molar-refractivity contribution in [2.75, 3.05) is 20.2 Å². The zero-order valence-electron chi connectivity index (χ0n) is 16.0. The van der Waals surface area contributed by atoms with E-state index in [0.717, 1.165) is 41.4 Å². The van der Waals surface area contributed by atoms with Gasteiger partial charge in [-0.25, -0.2) is 4.79 Å². The van der Waals surface area contributed by atoms with E-state index in [1.807, 2.05) is 17.0 Å². The molecule has 0 spiro atoms. The molecule has 1 aromatic heterocycles. The second kappa shape index (κ2) is 7.66. The van der Waals surface area contributed by atoms with Gasteiger partial charge in [0.15, 0.2) is 0 Å². The number of esters is 1. The van der Waals surface area contributed by atoms with Crippen molar-refractivity contribution in [3.63, 3.8) is 0 Å². The lowest BCUT2D eigenvalue weighted by molar-refractivity contribution is -0.132. The molecule has 1 aliphatic heterocycles. The minimum atomic E-state index is -0.367. The first-order valence-electron chi connectivity index (χ1n) is 9.84. The summed E-state index contributed by atoms with van der Waals surface area (Å²) >= 11 is 0. The highest BCUT2D eigenvalue weighted by molar-refractivity contribution is 5.96. The molecule has 1 fully saturated rings. The first kappa shape index (κ1) is 18.5. The molecular weight excluding hydrogens is 358 g/mol. The van der Waals surface area contributed by atoms with Gasteiger partial charge in [-0.3, -0.25) is 9.59 Å². The highest BCUT2D eigenvalue weighted by Gasteiger charge is 2.29. The molecule has 0 saturated heterocycles. The normalized spacial score (nSPS) is 16.0. The van der Waals surface area contributed by atoms with Crippen LogP contribution < -0.4 is 5.32 Å². The van der Waals surface area contributed by atoms with Crippen LogP contribution in [0.4, 0.5) is 0 Å². The molecule has 2 amide bonds. The monoisotopic (exact) mass is 383 g/mol. The Morgan fingerprint density at radius 1 is 1.29 bits per heavy atom. The lowest BCUT2D eigenvalue weighted by Gasteiger charge is -2.27. The number of rotatable bonds is 6. The molecule has 0 radical (unpaired) electrons. The van der Waals surface area contributed by atoms with Gasteiger partial charge < -0.3 is 19.9 Å². The van der Waals surface area contributed by atoms with Crippen molar-refractivity contribution >= 4 is 28.7 Å². The number of H-pyrrole nitrogens is 1. The van der Waals surface area contributed by atoms with Crippen LogP contribution in [0, 0.1) is 5.92 Å². The van der Waals surface area contributed by atoms with Gasteiger partial charge in [-0.15, -0.1) is 0 Å². The SMILES string of the molecule is COC(=O)c1ccc2[nH]c3c(c2c1)CN(C(=O)CCCNC(=O)C1CC1)CC3. The number of nitrogens with zero attached hydrogens (tertiary/aromatic N) is 1. The van der Waals surface area contributed by atoms with Crippen molar-refractivity contribution < 1.29 is 19.1 Å². The van der Waals surface area contributed by atoms with E-state index in [9.17, 15) is 14.4 Å². The van der Waals surface area contributed by atoms with Gasteiger partial charge >= 0.3 is 5.97 Å². The van der Waals surface area contributed by atoms with E-state index < -0.39 is 0 Å². The third-order valence-corrected chi connectivity index (χ3v) is 5.56. The van der Waals surface area contributed by atoms with Crippen LogP contribution in [-0.2, 0) is 27.3 Å². The Hall–Kier alpha value is -2.83. The second-order valence-corrected chi connectivity index (χ2v) is 7.57. The Balaban J connectivity index is 1.39. The third-order valence-electron chi connectivity index (χ3n) is 5.56. The Bertz CT molecular complexity index is 929. The number of nitrogens with one attached hydrogen (secondary N) is 2. The molecule has 2 aromatic rings. The smallest absolute Gasteiger partial charge is 0.337 e. The van der Waals surface area contributed by atoms with E-state index >= 15 is 0 Å². The van der Waals surface area contributed by atoms with Gasteiger partial charge in [0.1, 0.15) is 0 Å². The van der Waals surface area contributed by atoms with Gasteiger partial charge in [0.2, 0.25) is 11.8 Å². The molecule has 7 nitrogen and oxygen atoms in total. The number of ether oxygens (including phenoxy) is 1. The summed E-state index contributed by atoms with van der Waals surface area (Å²) in [5.41, 5.74) is 3.67. The minimum absolute atomic E-state index is 0.102. The maximum Gasteiger partial charge on any atom is 0.337 e. The molecule has 0 atom stereocenters. The van der Waals surface area contributed by atoms with Gasteiger partial charge in [-0.2, -0.15) is 0 Å². The van der Waals surface area contributed by atoms with Crippen LogP contribution in [0.1, 0.15) is 47.3 Å². The summed E-state index contributed by atoms with van der Waals surface area (Å²) < 4.78 is 4.81. The van der Waals surface area contributed by atoms with Crippen molar-refractivity contribution in [2.45, 2.75) is 38.6 Å². The average molecular weight is 383 g/mol. The zero-order valence-corrected chi connectivity index (χ0v) is 16.0. The molecule has 0 unspecified atom stereocenters. The number of methoxy groups -OCH3 is 1. The standard InChI is InChI=1S/C21H25N3O4/c1-28-21(27)14-6-7-17-15(11-14)16-12-24(10-8-18(16)23-17)19(25)3-2-9-22-20(26)13-4-5-13/h6-7,11,13,23H,2-5,8-10,12H2,1H3,(H,22,26). The maximum absolute atomic E-state index is 12.6. The Morgan fingerprint density at radius 3 is 2.86 bits per heavy atom. The fraction of sp³-hybridized carbons (Fsp3) is 0.476. The molecule has 2 aliphatic rings. The number of aromatic nitrogens is 1. The van der Waals surface area contributed by atoms with E-state index in [0.29, 0.717) is 38.0 Å². The van der Waals surface area contributed by atoms with E-state index in [4.69, 9.17) is 4.74 Å². The van der Waals surface area contributed by atoms with E-state index in [2.05, 4.69) is 10.3 Å². The number of aromatic amines is 1. The van der Waals surface area contributed by atoms with Crippen LogP contribution in [0.15, 0.2) is 18.2 Å². The summed E-state index contributed by atoms with van der Waals surface area (Å²) in [7, 11) is 1.37.